The summed E-state index contributed by atoms with van der Waals surface area (Å²) in [7, 11) is 0. The molecule has 2 aromatic rings. The van der Waals surface area contributed by atoms with Gasteiger partial charge in [-0.25, -0.2) is 4.79 Å². The van der Waals surface area contributed by atoms with Gasteiger partial charge in [0, 0.05) is 31.1 Å². The molecule has 2 heterocycles. The highest BCUT2D eigenvalue weighted by Crippen LogP contribution is 2.18. The number of fused-ring (bicyclic) bond motifs is 1. The van der Waals surface area contributed by atoms with Crippen LogP contribution in [0.3, 0.4) is 0 Å². The fourth-order valence-corrected chi connectivity index (χ4v) is 2.42. The lowest BCUT2D eigenvalue weighted by molar-refractivity contribution is 0.476. The maximum Gasteiger partial charge on any atom is 0.360 e. The molecule has 0 saturated carbocycles. The lowest BCUT2D eigenvalue weighted by atomic mass is 10.2. The highest BCUT2D eigenvalue weighted by atomic mass is 16.4. The van der Waals surface area contributed by atoms with Gasteiger partial charge in [-0.1, -0.05) is 18.2 Å². The number of nitrogens with zero attached hydrogens (tertiary/aromatic N) is 1. The lowest BCUT2D eigenvalue weighted by Crippen LogP contribution is -2.50. The molecule has 1 saturated heterocycles. The molecule has 0 amide bonds. The van der Waals surface area contributed by atoms with Gasteiger partial charge in [-0.05, 0) is 19.1 Å². The SMILES string of the molecule is C[C@H]1CN(c2cc3ccccc3oc2=O)CCN1. The standard InChI is InChI=1S/C14H16N2O2/c1-10-9-16(7-6-15-10)12-8-11-4-2-3-5-13(11)18-14(12)17/h2-5,8,10,15H,6-7,9H2,1H3/t10-/m0/s1. The van der Waals surface area contributed by atoms with Crippen LogP contribution in [0.15, 0.2) is 39.5 Å². The number of hydrogen-bond donors (Lipinski definition) is 1. The summed E-state index contributed by atoms with van der Waals surface area (Å²) in [5.74, 6) is 0. The molecule has 3 rings (SSSR count). The van der Waals surface area contributed by atoms with E-state index in [0.29, 0.717) is 17.3 Å². The second-order valence-electron chi connectivity index (χ2n) is 4.76. The molecule has 1 N–H and O–H groups in total. The molecule has 1 atom stereocenters. The van der Waals surface area contributed by atoms with E-state index in [0.717, 1.165) is 25.0 Å². The van der Waals surface area contributed by atoms with Gasteiger partial charge in [-0.15, -0.1) is 0 Å². The summed E-state index contributed by atoms with van der Waals surface area (Å²) < 4.78 is 5.36. The van der Waals surface area contributed by atoms with Crippen LogP contribution in [0.5, 0.6) is 0 Å². The minimum Gasteiger partial charge on any atom is -0.421 e. The van der Waals surface area contributed by atoms with Crippen molar-refractivity contribution >= 4 is 16.7 Å². The summed E-state index contributed by atoms with van der Waals surface area (Å²) in [6, 6.07) is 9.93. The van der Waals surface area contributed by atoms with E-state index in [1.807, 2.05) is 30.3 Å². The predicted octanol–water partition coefficient (Wildman–Crippen LogP) is 1.59. The zero-order valence-corrected chi connectivity index (χ0v) is 10.3. The van der Waals surface area contributed by atoms with Crippen molar-refractivity contribution in [1.82, 2.24) is 5.32 Å². The quantitative estimate of drug-likeness (QED) is 0.774. The molecule has 1 aromatic heterocycles. The van der Waals surface area contributed by atoms with Crippen molar-refractivity contribution in [3.05, 3.63) is 40.8 Å². The Balaban J connectivity index is 2.05. The third-order valence-corrected chi connectivity index (χ3v) is 3.33. The Morgan fingerprint density at radius 3 is 3.06 bits per heavy atom. The summed E-state index contributed by atoms with van der Waals surface area (Å²) in [4.78, 5) is 14.1. The van der Waals surface area contributed by atoms with Crippen molar-refractivity contribution in [3.8, 4) is 0 Å². The average molecular weight is 244 g/mol. The van der Waals surface area contributed by atoms with Crippen LogP contribution < -0.4 is 15.8 Å². The number of para-hydroxylation sites is 1. The number of benzene rings is 1. The molecular weight excluding hydrogens is 228 g/mol. The molecule has 0 spiro atoms. The average Bonchev–Trinajstić information content (AvgIpc) is 2.38. The Morgan fingerprint density at radius 2 is 2.22 bits per heavy atom. The van der Waals surface area contributed by atoms with Crippen LogP contribution in [-0.4, -0.2) is 25.7 Å². The highest BCUT2D eigenvalue weighted by Gasteiger charge is 2.19. The van der Waals surface area contributed by atoms with Gasteiger partial charge < -0.3 is 14.6 Å². The molecule has 18 heavy (non-hydrogen) atoms. The van der Waals surface area contributed by atoms with E-state index < -0.39 is 0 Å². The van der Waals surface area contributed by atoms with Crippen LogP contribution in [0, 0.1) is 0 Å². The third-order valence-electron chi connectivity index (χ3n) is 3.33. The van der Waals surface area contributed by atoms with E-state index in [2.05, 4.69) is 17.1 Å². The van der Waals surface area contributed by atoms with Crippen molar-refractivity contribution < 1.29 is 4.42 Å². The Morgan fingerprint density at radius 1 is 1.39 bits per heavy atom. The van der Waals surface area contributed by atoms with Gasteiger partial charge in [-0.3, -0.25) is 0 Å². The molecule has 1 aliphatic heterocycles. The van der Waals surface area contributed by atoms with Crippen LogP contribution in [0.2, 0.25) is 0 Å². The minimum atomic E-state index is -0.247. The Hall–Kier alpha value is -1.81. The van der Waals surface area contributed by atoms with Crippen LogP contribution in [0.1, 0.15) is 6.92 Å². The largest absolute Gasteiger partial charge is 0.421 e. The fourth-order valence-electron chi connectivity index (χ4n) is 2.42. The fraction of sp³-hybridized carbons (Fsp3) is 0.357. The predicted molar refractivity (Wildman–Crippen MR) is 72.2 cm³/mol. The summed E-state index contributed by atoms with van der Waals surface area (Å²) >= 11 is 0. The van der Waals surface area contributed by atoms with E-state index >= 15 is 0 Å². The van der Waals surface area contributed by atoms with Crippen LogP contribution >= 0.6 is 0 Å². The summed E-state index contributed by atoms with van der Waals surface area (Å²) in [6.45, 7) is 4.69. The van der Waals surface area contributed by atoms with Crippen molar-refractivity contribution in [1.29, 1.82) is 0 Å². The first-order chi connectivity index (χ1) is 8.74. The molecule has 0 radical (unpaired) electrons. The topological polar surface area (TPSA) is 45.5 Å². The summed E-state index contributed by atoms with van der Waals surface area (Å²) in [5, 5.41) is 4.33. The van der Waals surface area contributed by atoms with Crippen molar-refractivity contribution in [3.63, 3.8) is 0 Å². The van der Waals surface area contributed by atoms with Crippen LogP contribution in [0.4, 0.5) is 5.69 Å². The summed E-state index contributed by atoms with van der Waals surface area (Å²) in [6.07, 6.45) is 0. The molecule has 0 bridgehead atoms. The third kappa shape index (κ3) is 1.99. The van der Waals surface area contributed by atoms with Crippen molar-refractivity contribution in [2.24, 2.45) is 0 Å². The van der Waals surface area contributed by atoms with Crippen LogP contribution in [-0.2, 0) is 0 Å². The number of hydrogen-bond acceptors (Lipinski definition) is 4. The second kappa shape index (κ2) is 4.46. The molecule has 1 fully saturated rings. The van der Waals surface area contributed by atoms with Gasteiger partial charge >= 0.3 is 5.63 Å². The normalized spacial score (nSPS) is 20.3. The minimum absolute atomic E-state index is 0.247. The van der Waals surface area contributed by atoms with E-state index in [-0.39, 0.29) is 5.63 Å². The first-order valence-electron chi connectivity index (χ1n) is 6.25. The molecular formula is C14H16N2O2. The van der Waals surface area contributed by atoms with Crippen molar-refractivity contribution in [2.75, 3.05) is 24.5 Å². The van der Waals surface area contributed by atoms with Gasteiger partial charge in [0.05, 0.1) is 0 Å². The Kier molecular flexibility index (Phi) is 2.80. The van der Waals surface area contributed by atoms with E-state index in [9.17, 15) is 4.79 Å². The first-order valence-corrected chi connectivity index (χ1v) is 6.25. The van der Waals surface area contributed by atoms with Gasteiger partial charge in [-0.2, -0.15) is 0 Å². The van der Waals surface area contributed by atoms with E-state index in [4.69, 9.17) is 4.42 Å². The number of nitrogens with one attached hydrogen (secondary N) is 1. The molecule has 4 heteroatoms. The molecule has 1 aromatic carbocycles. The zero-order valence-electron chi connectivity index (χ0n) is 10.3. The van der Waals surface area contributed by atoms with Gasteiger partial charge in [0.15, 0.2) is 0 Å². The Bertz CT molecular complexity index is 620. The molecule has 0 unspecified atom stereocenters. The second-order valence-corrected chi connectivity index (χ2v) is 4.76. The Labute approximate surface area is 105 Å². The van der Waals surface area contributed by atoms with E-state index in [1.54, 1.807) is 0 Å². The highest BCUT2D eigenvalue weighted by molar-refractivity contribution is 5.79. The number of anilines is 1. The monoisotopic (exact) mass is 244 g/mol. The number of rotatable bonds is 1. The molecule has 0 aliphatic carbocycles. The molecule has 94 valence electrons. The smallest absolute Gasteiger partial charge is 0.360 e. The first kappa shape index (κ1) is 11.3. The molecule has 4 nitrogen and oxygen atoms in total. The maximum atomic E-state index is 12.0. The van der Waals surface area contributed by atoms with Gasteiger partial charge in [0.2, 0.25) is 0 Å². The summed E-state index contributed by atoms with van der Waals surface area (Å²) in [5.41, 5.74) is 1.07. The van der Waals surface area contributed by atoms with Gasteiger partial charge in [0.1, 0.15) is 11.3 Å². The number of piperazine rings is 1. The maximum absolute atomic E-state index is 12.0. The molecule has 1 aliphatic rings. The lowest BCUT2D eigenvalue weighted by Gasteiger charge is -2.32. The van der Waals surface area contributed by atoms with E-state index in [1.165, 1.54) is 0 Å². The van der Waals surface area contributed by atoms with Gasteiger partial charge in [0.25, 0.3) is 0 Å². The van der Waals surface area contributed by atoms with Crippen LogP contribution in [0.25, 0.3) is 11.0 Å². The zero-order chi connectivity index (χ0) is 12.5. The van der Waals surface area contributed by atoms with Crippen molar-refractivity contribution in [2.45, 2.75) is 13.0 Å².